The first-order valence-electron chi connectivity index (χ1n) is 3.65. The molecule has 7 nitrogen and oxygen atoms in total. The third kappa shape index (κ3) is 0.819. The van der Waals surface area contributed by atoms with Gasteiger partial charge in [0.2, 0.25) is 6.10 Å². The Morgan fingerprint density at radius 2 is 1.46 bits per heavy atom. The van der Waals surface area contributed by atoms with Crippen LogP contribution >= 0.6 is 0 Å². The molecule has 2 unspecified atom stereocenters. The van der Waals surface area contributed by atoms with Crippen molar-refractivity contribution < 1.29 is 14.6 Å². The van der Waals surface area contributed by atoms with Gasteiger partial charge in [-0.2, -0.15) is 0 Å². The minimum Gasteiger partial charge on any atom is -0.367 e. The summed E-state index contributed by atoms with van der Waals surface area (Å²) in [5.41, 5.74) is -3.21. The summed E-state index contributed by atoms with van der Waals surface area (Å²) in [6.45, 7) is 2.45. The summed E-state index contributed by atoms with van der Waals surface area (Å²) >= 11 is 0. The molecule has 0 aliphatic heterocycles. The first-order valence-corrected chi connectivity index (χ1v) is 3.65. The molecule has 1 aliphatic carbocycles. The zero-order valence-electron chi connectivity index (χ0n) is 7.51. The molecule has 0 N–H and O–H groups in total. The van der Waals surface area contributed by atoms with E-state index < -0.39 is 27.0 Å². The molecule has 0 spiro atoms. The van der Waals surface area contributed by atoms with Crippen LogP contribution in [0.2, 0.25) is 0 Å². The van der Waals surface area contributed by atoms with Crippen LogP contribution in [0.25, 0.3) is 0 Å². The maximum absolute atomic E-state index is 10.6. The van der Waals surface area contributed by atoms with Crippen molar-refractivity contribution in [3.63, 3.8) is 0 Å². The average molecular weight is 190 g/mol. The molecular formula is C6H10N2O5. The van der Waals surface area contributed by atoms with E-state index in [9.17, 15) is 20.2 Å². The van der Waals surface area contributed by atoms with Crippen LogP contribution in [0.4, 0.5) is 0 Å². The van der Waals surface area contributed by atoms with Crippen LogP contribution in [0.3, 0.4) is 0 Å². The average Bonchev–Trinajstić information content (AvgIpc) is 2.52. The van der Waals surface area contributed by atoms with Crippen molar-refractivity contribution in [2.24, 2.45) is 0 Å². The molecular weight excluding hydrogens is 180 g/mol. The van der Waals surface area contributed by atoms with Crippen LogP contribution in [-0.4, -0.2) is 34.1 Å². The maximum Gasteiger partial charge on any atom is 0.323 e. The summed E-state index contributed by atoms with van der Waals surface area (Å²) in [5, 5.41) is 21.2. The fraction of sp³-hybridized carbons (Fsp3) is 1.00. The second-order valence-electron chi connectivity index (χ2n) is 3.43. The van der Waals surface area contributed by atoms with Crippen LogP contribution < -0.4 is 0 Å². The molecule has 0 amide bonds. The highest BCUT2D eigenvalue weighted by Gasteiger charge is 2.93. The van der Waals surface area contributed by atoms with E-state index in [1.807, 2.05) is 0 Å². The Balaban J connectivity index is 3.05. The van der Waals surface area contributed by atoms with Crippen molar-refractivity contribution in [1.29, 1.82) is 0 Å². The van der Waals surface area contributed by atoms with Crippen molar-refractivity contribution in [2.75, 3.05) is 7.11 Å². The predicted molar refractivity (Wildman–Crippen MR) is 41.6 cm³/mol. The zero-order valence-corrected chi connectivity index (χ0v) is 7.51. The molecule has 0 aromatic carbocycles. The molecule has 13 heavy (non-hydrogen) atoms. The van der Waals surface area contributed by atoms with E-state index in [1.165, 1.54) is 21.0 Å². The van der Waals surface area contributed by atoms with E-state index in [4.69, 9.17) is 4.74 Å². The minimum absolute atomic E-state index is 0.649. The molecule has 7 heteroatoms. The van der Waals surface area contributed by atoms with Gasteiger partial charge in [-0.1, -0.05) is 0 Å². The number of ether oxygens (including phenoxy) is 1. The van der Waals surface area contributed by atoms with E-state index in [0.717, 1.165) is 0 Å². The van der Waals surface area contributed by atoms with Crippen molar-refractivity contribution in [3.8, 4) is 0 Å². The number of nitrogens with zero attached hydrogens (tertiary/aromatic N) is 2. The summed E-state index contributed by atoms with van der Waals surface area (Å²) in [6.07, 6.45) is -0.954. The Bertz CT molecular complexity index is 254. The number of hydrogen-bond acceptors (Lipinski definition) is 5. The van der Waals surface area contributed by atoms with Crippen molar-refractivity contribution in [3.05, 3.63) is 20.2 Å². The molecule has 1 aliphatic rings. The van der Waals surface area contributed by atoms with Gasteiger partial charge < -0.3 is 4.74 Å². The highest BCUT2D eigenvalue weighted by Crippen LogP contribution is 2.53. The SMILES string of the molecule is COC1C(C)([N+](=O)[O-])C1(C)[N+](=O)[O-]. The van der Waals surface area contributed by atoms with Crippen molar-refractivity contribution in [1.82, 2.24) is 0 Å². The van der Waals surface area contributed by atoms with Gasteiger partial charge in [0.05, 0.1) is 0 Å². The van der Waals surface area contributed by atoms with Gasteiger partial charge in [0.15, 0.2) is 0 Å². The Morgan fingerprint density at radius 3 is 1.54 bits per heavy atom. The van der Waals surface area contributed by atoms with Gasteiger partial charge in [0.1, 0.15) is 0 Å². The smallest absolute Gasteiger partial charge is 0.323 e. The standard InChI is InChI=1S/C6H10N2O5/c1-5(7(9)10)4(13-3)6(5,2)8(11)12/h4H,1-3H3. The van der Waals surface area contributed by atoms with E-state index in [-0.39, 0.29) is 0 Å². The second-order valence-corrected chi connectivity index (χ2v) is 3.43. The van der Waals surface area contributed by atoms with Gasteiger partial charge in [-0.15, -0.1) is 0 Å². The van der Waals surface area contributed by atoms with Gasteiger partial charge >= 0.3 is 11.1 Å². The Morgan fingerprint density at radius 1 is 1.15 bits per heavy atom. The highest BCUT2D eigenvalue weighted by molar-refractivity contribution is 5.24. The minimum atomic E-state index is -1.61. The summed E-state index contributed by atoms with van der Waals surface area (Å²) in [5.74, 6) is 0. The fourth-order valence-electron chi connectivity index (χ4n) is 1.74. The molecule has 0 aromatic rings. The molecule has 1 rings (SSSR count). The van der Waals surface area contributed by atoms with Crippen molar-refractivity contribution in [2.45, 2.75) is 31.0 Å². The zero-order chi connectivity index (χ0) is 10.4. The molecule has 0 bridgehead atoms. The predicted octanol–water partition coefficient (Wildman–Crippen LogP) is 0.0858. The lowest BCUT2D eigenvalue weighted by molar-refractivity contribution is -0.611. The quantitative estimate of drug-likeness (QED) is 0.464. The summed E-state index contributed by atoms with van der Waals surface area (Å²) in [6, 6.07) is 0. The number of methoxy groups -OCH3 is 1. The summed E-state index contributed by atoms with van der Waals surface area (Å²) in [4.78, 5) is 19.9. The molecule has 0 heterocycles. The Labute approximate surface area is 74.0 Å². The highest BCUT2D eigenvalue weighted by atomic mass is 16.7. The molecule has 74 valence electrons. The van der Waals surface area contributed by atoms with Crippen LogP contribution in [0.5, 0.6) is 0 Å². The number of rotatable bonds is 3. The van der Waals surface area contributed by atoms with Gasteiger partial charge in [-0.25, -0.2) is 0 Å². The van der Waals surface area contributed by atoms with Crippen LogP contribution in [0, 0.1) is 20.2 Å². The third-order valence-electron chi connectivity index (χ3n) is 2.96. The molecule has 0 radical (unpaired) electrons. The largest absolute Gasteiger partial charge is 0.367 e. The van der Waals surface area contributed by atoms with E-state index >= 15 is 0 Å². The van der Waals surface area contributed by atoms with E-state index in [1.54, 1.807) is 0 Å². The molecule has 0 saturated heterocycles. The topological polar surface area (TPSA) is 95.5 Å². The maximum atomic E-state index is 10.6. The van der Waals surface area contributed by atoms with Crippen LogP contribution in [0.1, 0.15) is 13.8 Å². The second kappa shape index (κ2) is 2.38. The molecule has 2 atom stereocenters. The van der Waals surface area contributed by atoms with Gasteiger partial charge in [-0.3, -0.25) is 20.2 Å². The monoisotopic (exact) mass is 190 g/mol. The third-order valence-corrected chi connectivity index (χ3v) is 2.96. The molecule has 1 saturated carbocycles. The Kier molecular flexibility index (Phi) is 1.80. The molecule has 0 aromatic heterocycles. The lowest BCUT2D eigenvalue weighted by atomic mass is 10.2. The van der Waals surface area contributed by atoms with E-state index in [0.29, 0.717) is 0 Å². The Hall–Kier alpha value is -1.24. The normalized spacial score (nSPS) is 42.8. The summed E-state index contributed by atoms with van der Waals surface area (Å²) < 4.78 is 4.73. The van der Waals surface area contributed by atoms with Gasteiger partial charge in [0, 0.05) is 30.8 Å². The summed E-state index contributed by atoms with van der Waals surface area (Å²) in [7, 11) is 1.24. The first-order chi connectivity index (χ1) is 5.83. The fourth-order valence-corrected chi connectivity index (χ4v) is 1.74. The molecule has 1 fully saturated rings. The van der Waals surface area contributed by atoms with Crippen LogP contribution in [-0.2, 0) is 4.74 Å². The lowest BCUT2D eigenvalue weighted by Gasteiger charge is -2.01. The first kappa shape index (κ1) is 9.85. The van der Waals surface area contributed by atoms with E-state index in [2.05, 4.69) is 0 Å². The van der Waals surface area contributed by atoms with Gasteiger partial charge in [0.25, 0.3) is 0 Å². The van der Waals surface area contributed by atoms with Crippen molar-refractivity contribution >= 4 is 0 Å². The van der Waals surface area contributed by atoms with Gasteiger partial charge in [-0.05, 0) is 0 Å². The number of hydrogen-bond donors (Lipinski definition) is 0. The number of nitro groups is 2. The lowest BCUT2D eigenvalue weighted by Crippen LogP contribution is -2.34. The van der Waals surface area contributed by atoms with Crippen LogP contribution in [0.15, 0.2) is 0 Å².